The van der Waals surface area contributed by atoms with E-state index in [9.17, 15) is 0 Å². The van der Waals surface area contributed by atoms with E-state index < -0.39 is 0 Å². The maximum atomic E-state index is 5.12. The Balaban J connectivity index is 1.60. The van der Waals surface area contributed by atoms with Gasteiger partial charge in [-0.3, -0.25) is 4.90 Å². The molecule has 0 aromatic carbocycles. The maximum Gasteiger partial charge on any atom is 0.196 e. The minimum Gasteiger partial charge on any atom is -0.346 e. The van der Waals surface area contributed by atoms with E-state index in [1.807, 2.05) is 18.5 Å². The summed E-state index contributed by atoms with van der Waals surface area (Å²) in [5.41, 5.74) is 4.71. The van der Waals surface area contributed by atoms with Gasteiger partial charge in [0.15, 0.2) is 4.77 Å². The zero-order chi connectivity index (χ0) is 14.2. The van der Waals surface area contributed by atoms with Crippen molar-refractivity contribution in [3.05, 3.63) is 52.3 Å². The van der Waals surface area contributed by atoms with Crippen LogP contribution >= 0.6 is 12.2 Å². The highest BCUT2D eigenvalue weighted by atomic mass is 32.1. The van der Waals surface area contributed by atoms with E-state index in [0.717, 1.165) is 31.7 Å². The van der Waals surface area contributed by atoms with E-state index in [1.165, 1.54) is 22.2 Å². The lowest BCUT2D eigenvalue weighted by Crippen LogP contribution is -2.30. The number of aromatic amines is 2. The van der Waals surface area contributed by atoms with Crippen LogP contribution in [0, 0.1) is 4.77 Å². The van der Waals surface area contributed by atoms with Gasteiger partial charge in [0.2, 0.25) is 0 Å². The average molecular weight is 297 g/mol. The van der Waals surface area contributed by atoms with Gasteiger partial charge in [0, 0.05) is 49.3 Å². The van der Waals surface area contributed by atoms with Crippen LogP contribution in [0.2, 0.25) is 0 Å². The average Bonchev–Trinajstić information content (AvgIpc) is 2.90. The van der Waals surface area contributed by atoms with E-state index in [2.05, 4.69) is 37.1 Å². The van der Waals surface area contributed by atoms with Gasteiger partial charge < -0.3 is 9.97 Å². The molecule has 1 aliphatic heterocycles. The number of pyridine rings is 1. The molecule has 2 N–H and O–H groups in total. The number of H-pyrrole nitrogens is 2. The molecule has 0 atom stereocenters. The fraction of sp³-hybridized carbons (Fsp3) is 0.267. The predicted molar refractivity (Wildman–Crippen MR) is 83.3 cm³/mol. The Morgan fingerprint density at radius 1 is 1.33 bits per heavy atom. The van der Waals surface area contributed by atoms with Crippen molar-refractivity contribution in [3.63, 3.8) is 0 Å². The van der Waals surface area contributed by atoms with Crippen molar-refractivity contribution in [3.8, 4) is 0 Å². The first-order valence-electron chi connectivity index (χ1n) is 7.00. The summed E-state index contributed by atoms with van der Waals surface area (Å²) in [4.78, 5) is 17.4. The third kappa shape index (κ3) is 2.36. The molecule has 3 aromatic rings. The fourth-order valence-corrected chi connectivity index (χ4v) is 3.09. The standard InChI is InChI=1S/C15H15N5S/c21-15-18-6-10-3-5-20(9-13(10)19-15)8-11-7-17-14-12(11)2-1-4-16-14/h1-2,4,6-7H,3,5,8-9H2,(H,16,17)(H,18,19,21). The summed E-state index contributed by atoms with van der Waals surface area (Å²) in [5.74, 6) is 0. The minimum absolute atomic E-state index is 0.562. The molecule has 21 heavy (non-hydrogen) atoms. The Hall–Kier alpha value is -2.05. The van der Waals surface area contributed by atoms with E-state index in [1.54, 1.807) is 0 Å². The summed E-state index contributed by atoms with van der Waals surface area (Å²) in [6, 6.07) is 4.09. The monoisotopic (exact) mass is 297 g/mol. The SMILES string of the molecule is S=c1ncc2c([nH]1)CN(Cc1c[nH]c3ncccc13)CC2. The fourth-order valence-electron chi connectivity index (χ4n) is 2.91. The molecule has 0 unspecified atom stereocenters. The lowest BCUT2D eigenvalue weighted by atomic mass is 10.1. The number of nitrogens with zero attached hydrogens (tertiary/aromatic N) is 3. The molecule has 4 heterocycles. The third-order valence-corrected chi connectivity index (χ3v) is 4.20. The quantitative estimate of drug-likeness (QED) is 0.714. The van der Waals surface area contributed by atoms with Crippen LogP contribution in [0.15, 0.2) is 30.7 Å². The molecule has 106 valence electrons. The van der Waals surface area contributed by atoms with Crippen molar-refractivity contribution in [1.82, 2.24) is 24.8 Å². The number of fused-ring (bicyclic) bond motifs is 2. The van der Waals surface area contributed by atoms with Crippen LogP contribution in [-0.4, -0.2) is 31.4 Å². The first kappa shape index (κ1) is 12.7. The third-order valence-electron chi connectivity index (χ3n) is 3.99. The molecule has 1 aliphatic rings. The van der Waals surface area contributed by atoms with Crippen LogP contribution in [0.5, 0.6) is 0 Å². The summed E-state index contributed by atoms with van der Waals surface area (Å²) in [6.45, 7) is 2.83. The van der Waals surface area contributed by atoms with Gasteiger partial charge in [-0.15, -0.1) is 0 Å². The zero-order valence-corrected chi connectivity index (χ0v) is 12.3. The van der Waals surface area contributed by atoms with E-state index in [-0.39, 0.29) is 0 Å². The lowest BCUT2D eigenvalue weighted by molar-refractivity contribution is 0.242. The molecule has 5 nitrogen and oxygen atoms in total. The molecule has 3 aromatic heterocycles. The summed E-state index contributed by atoms with van der Waals surface area (Å²) >= 11 is 5.12. The van der Waals surface area contributed by atoms with Gasteiger partial charge in [-0.2, -0.15) is 0 Å². The van der Waals surface area contributed by atoms with Crippen molar-refractivity contribution in [2.24, 2.45) is 0 Å². The van der Waals surface area contributed by atoms with E-state index >= 15 is 0 Å². The van der Waals surface area contributed by atoms with Gasteiger partial charge >= 0.3 is 0 Å². The first-order chi connectivity index (χ1) is 10.3. The number of rotatable bonds is 2. The number of nitrogens with one attached hydrogen (secondary N) is 2. The van der Waals surface area contributed by atoms with E-state index in [0.29, 0.717) is 4.77 Å². The molecule has 0 aliphatic carbocycles. The number of hydrogen-bond acceptors (Lipinski definition) is 4. The molecule has 6 heteroatoms. The smallest absolute Gasteiger partial charge is 0.196 e. The summed E-state index contributed by atoms with van der Waals surface area (Å²) < 4.78 is 0.562. The van der Waals surface area contributed by atoms with Gasteiger partial charge in [-0.25, -0.2) is 9.97 Å². The second-order valence-corrected chi connectivity index (χ2v) is 5.75. The molecule has 0 saturated carbocycles. The highest BCUT2D eigenvalue weighted by Gasteiger charge is 2.18. The Kier molecular flexibility index (Phi) is 3.05. The lowest BCUT2D eigenvalue weighted by Gasteiger charge is -2.27. The number of aromatic nitrogens is 4. The highest BCUT2D eigenvalue weighted by molar-refractivity contribution is 7.71. The molecule has 0 saturated heterocycles. The topological polar surface area (TPSA) is 60.6 Å². The van der Waals surface area contributed by atoms with Crippen LogP contribution in [-0.2, 0) is 19.5 Å². The van der Waals surface area contributed by atoms with Crippen molar-refractivity contribution < 1.29 is 0 Å². The molecular weight excluding hydrogens is 282 g/mol. The Labute approximate surface area is 127 Å². The first-order valence-corrected chi connectivity index (χ1v) is 7.41. The predicted octanol–water partition coefficient (Wildman–Crippen LogP) is 2.57. The molecule has 0 radical (unpaired) electrons. The van der Waals surface area contributed by atoms with Gasteiger partial charge in [0.1, 0.15) is 5.65 Å². The maximum absolute atomic E-state index is 5.12. The Morgan fingerprint density at radius 3 is 3.24 bits per heavy atom. The molecule has 4 rings (SSSR count). The minimum atomic E-state index is 0.562. The largest absolute Gasteiger partial charge is 0.346 e. The van der Waals surface area contributed by atoms with Crippen molar-refractivity contribution in [2.45, 2.75) is 19.5 Å². The Morgan fingerprint density at radius 2 is 2.29 bits per heavy atom. The summed E-state index contributed by atoms with van der Waals surface area (Å²) in [6.07, 6.45) is 6.78. The molecular formula is C15H15N5S. The Bertz CT molecular complexity index is 850. The van der Waals surface area contributed by atoms with E-state index in [4.69, 9.17) is 12.2 Å². The highest BCUT2D eigenvalue weighted by Crippen LogP contribution is 2.21. The summed E-state index contributed by atoms with van der Waals surface area (Å²) in [5, 5.41) is 1.20. The zero-order valence-electron chi connectivity index (χ0n) is 11.5. The molecule has 0 fully saturated rings. The van der Waals surface area contributed by atoms with Crippen LogP contribution in [0.4, 0.5) is 0 Å². The van der Waals surface area contributed by atoms with Crippen molar-refractivity contribution in [1.29, 1.82) is 0 Å². The normalized spacial score (nSPS) is 15.2. The molecule has 0 amide bonds. The van der Waals surface area contributed by atoms with Gasteiger partial charge in [0.05, 0.1) is 0 Å². The second-order valence-electron chi connectivity index (χ2n) is 5.37. The van der Waals surface area contributed by atoms with Crippen LogP contribution < -0.4 is 0 Å². The van der Waals surface area contributed by atoms with Gasteiger partial charge in [-0.05, 0) is 41.9 Å². The van der Waals surface area contributed by atoms with Gasteiger partial charge in [-0.1, -0.05) is 0 Å². The molecule has 0 spiro atoms. The van der Waals surface area contributed by atoms with Crippen LogP contribution in [0.1, 0.15) is 16.8 Å². The van der Waals surface area contributed by atoms with Gasteiger partial charge in [0.25, 0.3) is 0 Å². The van der Waals surface area contributed by atoms with Crippen LogP contribution in [0.3, 0.4) is 0 Å². The molecule has 0 bridgehead atoms. The number of hydrogen-bond donors (Lipinski definition) is 2. The van der Waals surface area contributed by atoms with Crippen molar-refractivity contribution in [2.75, 3.05) is 6.54 Å². The van der Waals surface area contributed by atoms with Crippen LogP contribution in [0.25, 0.3) is 11.0 Å². The second kappa shape index (κ2) is 5.05. The summed E-state index contributed by atoms with van der Waals surface area (Å²) in [7, 11) is 0. The van der Waals surface area contributed by atoms with Crippen molar-refractivity contribution >= 4 is 23.3 Å².